The SMILES string of the molecule is Nc1cc(-n2ccc3ccncc32)ncc1C=CC(=O)O. The van der Waals surface area contributed by atoms with Crippen LogP contribution < -0.4 is 5.73 Å². The Hall–Kier alpha value is -3.15. The van der Waals surface area contributed by atoms with Gasteiger partial charge >= 0.3 is 5.97 Å². The number of hydrogen-bond acceptors (Lipinski definition) is 4. The number of hydrogen-bond donors (Lipinski definition) is 2. The molecule has 3 aromatic heterocycles. The molecule has 6 heteroatoms. The van der Waals surface area contributed by atoms with E-state index in [2.05, 4.69) is 9.97 Å². The van der Waals surface area contributed by atoms with Crippen molar-refractivity contribution in [2.45, 2.75) is 0 Å². The van der Waals surface area contributed by atoms with Crippen molar-refractivity contribution in [3.05, 3.63) is 54.6 Å². The van der Waals surface area contributed by atoms with Crippen LogP contribution in [0.4, 0.5) is 5.69 Å². The minimum atomic E-state index is -1.03. The van der Waals surface area contributed by atoms with E-state index in [0.717, 1.165) is 17.0 Å². The topological polar surface area (TPSA) is 94.0 Å². The second-order valence-electron chi connectivity index (χ2n) is 4.46. The fraction of sp³-hybridized carbons (Fsp3) is 0. The van der Waals surface area contributed by atoms with E-state index < -0.39 is 5.97 Å². The number of nitrogens with zero attached hydrogens (tertiary/aromatic N) is 3. The third-order valence-corrected chi connectivity index (χ3v) is 3.10. The number of carboxylic acid groups (broad SMARTS) is 1. The highest BCUT2D eigenvalue weighted by Crippen LogP contribution is 2.21. The molecule has 21 heavy (non-hydrogen) atoms. The maximum atomic E-state index is 10.5. The van der Waals surface area contributed by atoms with Crippen LogP contribution in [0.5, 0.6) is 0 Å². The molecule has 0 aromatic carbocycles. The summed E-state index contributed by atoms with van der Waals surface area (Å²) in [6, 6.07) is 5.58. The molecule has 0 amide bonds. The summed E-state index contributed by atoms with van der Waals surface area (Å²) in [7, 11) is 0. The second kappa shape index (κ2) is 5.09. The molecule has 3 rings (SSSR count). The van der Waals surface area contributed by atoms with Gasteiger partial charge in [0.15, 0.2) is 0 Å². The molecule has 3 heterocycles. The molecule has 0 atom stereocenters. The summed E-state index contributed by atoms with van der Waals surface area (Å²) < 4.78 is 1.88. The minimum absolute atomic E-state index is 0.461. The van der Waals surface area contributed by atoms with Crippen molar-refractivity contribution in [2.75, 3.05) is 5.73 Å². The van der Waals surface area contributed by atoms with Gasteiger partial charge in [-0.2, -0.15) is 0 Å². The van der Waals surface area contributed by atoms with E-state index in [1.165, 1.54) is 6.08 Å². The molecule has 3 N–H and O–H groups in total. The number of anilines is 1. The smallest absolute Gasteiger partial charge is 0.328 e. The fourth-order valence-electron chi connectivity index (χ4n) is 2.08. The second-order valence-corrected chi connectivity index (χ2v) is 4.46. The Morgan fingerprint density at radius 1 is 1.33 bits per heavy atom. The Labute approximate surface area is 120 Å². The summed E-state index contributed by atoms with van der Waals surface area (Å²) in [5.74, 6) is -0.371. The Morgan fingerprint density at radius 2 is 2.19 bits per heavy atom. The van der Waals surface area contributed by atoms with Crippen molar-refractivity contribution in [1.82, 2.24) is 14.5 Å². The molecule has 3 aromatic rings. The van der Waals surface area contributed by atoms with E-state index >= 15 is 0 Å². The lowest BCUT2D eigenvalue weighted by atomic mass is 10.2. The van der Waals surface area contributed by atoms with Crippen molar-refractivity contribution in [1.29, 1.82) is 0 Å². The fourth-order valence-corrected chi connectivity index (χ4v) is 2.08. The van der Waals surface area contributed by atoms with Gasteiger partial charge in [0.25, 0.3) is 0 Å². The first-order valence-electron chi connectivity index (χ1n) is 6.23. The Bertz CT molecular complexity index is 852. The number of nitrogens with two attached hydrogens (primary N) is 1. The number of rotatable bonds is 3. The molecule has 0 saturated heterocycles. The molecule has 0 radical (unpaired) electrons. The lowest BCUT2D eigenvalue weighted by Crippen LogP contribution is -2.00. The number of carboxylic acids is 1. The first-order chi connectivity index (χ1) is 10.1. The first kappa shape index (κ1) is 12.9. The van der Waals surface area contributed by atoms with Crippen LogP contribution in [0.2, 0.25) is 0 Å². The van der Waals surface area contributed by atoms with Gasteiger partial charge in [-0.05, 0) is 18.2 Å². The predicted molar refractivity (Wildman–Crippen MR) is 79.9 cm³/mol. The Kier molecular flexibility index (Phi) is 3.12. The van der Waals surface area contributed by atoms with Gasteiger partial charge < -0.3 is 10.8 Å². The van der Waals surface area contributed by atoms with Gasteiger partial charge in [0, 0.05) is 47.4 Å². The predicted octanol–water partition coefficient (Wildman–Crippen LogP) is 2.10. The van der Waals surface area contributed by atoms with Crippen molar-refractivity contribution in [3.63, 3.8) is 0 Å². The van der Waals surface area contributed by atoms with Gasteiger partial charge in [0.2, 0.25) is 0 Å². The average Bonchev–Trinajstić information content (AvgIpc) is 2.89. The van der Waals surface area contributed by atoms with E-state index in [-0.39, 0.29) is 0 Å². The highest BCUT2D eigenvalue weighted by Gasteiger charge is 2.06. The van der Waals surface area contributed by atoms with E-state index in [9.17, 15) is 4.79 Å². The molecule has 0 aliphatic heterocycles. The van der Waals surface area contributed by atoms with Crippen LogP contribution >= 0.6 is 0 Å². The van der Waals surface area contributed by atoms with Gasteiger partial charge in [-0.3, -0.25) is 9.55 Å². The molecule has 6 nitrogen and oxygen atoms in total. The van der Waals surface area contributed by atoms with E-state index in [1.807, 2.05) is 22.9 Å². The number of nitrogen functional groups attached to an aromatic ring is 1. The number of carbonyl (C=O) groups is 1. The van der Waals surface area contributed by atoms with E-state index in [4.69, 9.17) is 10.8 Å². The highest BCUT2D eigenvalue weighted by atomic mass is 16.4. The lowest BCUT2D eigenvalue weighted by molar-refractivity contribution is -0.131. The van der Waals surface area contributed by atoms with Gasteiger partial charge in [-0.1, -0.05) is 0 Å². The van der Waals surface area contributed by atoms with Gasteiger partial charge in [0.05, 0.1) is 11.7 Å². The molecule has 0 aliphatic rings. The molecule has 0 saturated carbocycles. The zero-order valence-electron chi connectivity index (χ0n) is 11.0. The maximum absolute atomic E-state index is 10.5. The Balaban J connectivity index is 2.04. The van der Waals surface area contributed by atoms with Crippen molar-refractivity contribution in [2.24, 2.45) is 0 Å². The highest BCUT2D eigenvalue weighted by molar-refractivity contribution is 5.86. The van der Waals surface area contributed by atoms with E-state index in [1.54, 1.807) is 24.7 Å². The molecule has 0 spiro atoms. The van der Waals surface area contributed by atoms with Crippen LogP contribution in [-0.2, 0) is 4.79 Å². The molecule has 0 fully saturated rings. The summed E-state index contributed by atoms with van der Waals surface area (Å²) in [6.07, 6.45) is 9.37. The summed E-state index contributed by atoms with van der Waals surface area (Å²) in [4.78, 5) is 18.9. The number of aromatic nitrogens is 3. The quantitative estimate of drug-likeness (QED) is 0.716. The van der Waals surface area contributed by atoms with Crippen LogP contribution in [-0.4, -0.2) is 25.6 Å². The van der Waals surface area contributed by atoms with Crippen LogP contribution in [0.15, 0.2) is 49.1 Å². The van der Waals surface area contributed by atoms with Crippen LogP contribution in [0.3, 0.4) is 0 Å². The summed E-state index contributed by atoms with van der Waals surface area (Å²) in [6.45, 7) is 0. The summed E-state index contributed by atoms with van der Waals surface area (Å²) in [5.41, 5.74) is 7.90. The van der Waals surface area contributed by atoms with Gasteiger partial charge in [-0.25, -0.2) is 9.78 Å². The number of pyridine rings is 2. The van der Waals surface area contributed by atoms with Crippen LogP contribution in [0.25, 0.3) is 22.8 Å². The molecule has 0 unspecified atom stereocenters. The van der Waals surface area contributed by atoms with E-state index in [0.29, 0.717) is 17.1 Å². The number of aliphatic carboxylic acids is 1. The zero-order chi connectivity index (χ0) is 14.8. The summed E-state index contributed by atoms with van der Waals surface area (Å²) >= 11 is 0. The van der Waals surface area contributed by atoms with Gasteiger partial charge in [-0.15, -0.1) is 0 Å². The molecular formula is C15H12N4O2. The monoisotopic (exact) mass is 280 g/mol. The van der Waals surface area contributed by atoms with Crippen LogP contribution in [0, 0.1) is 0 Å². The van der Waals surface area contributed by atoms with Crippen molar-refractivity contribution >= 4 is 28.6 Å². The molecule has 0 bridgehead atoms. The Morgan fingerprint density at radius 3 is 2.95 bits per heavy atom. The number of fused-ring (bicyclic) bond motifs is 1. The molecular weight excluding hydrogens is 268 g/mol. The third-order valence-electron chi connectivity index (χ3n) is 3.10. The lowest BCUT2D eigenvalue weighted by Gasteiger charge is -2.07. The average molecular weight is 280 g/mol. The zero-order valence-corrected chi connectivity index (χ0v) is 11.0. The van der Waals surface area contributed by atoms with Crippen molar-refractivity contribution < 1.29 is 9.90 Å². The largest absolute Gasteiger partial charge is 0.478 e. The van der Waals surface area contributed by atoms with Crippen LogP contribution in [0.1, 0.15) is 5.56 Å². The first-order valence-corrected chi connectivity index (χ1v) is 6.23. The normalized spacial score (nSPS) is 11.2. The van der Waals surface area contributed by atoms with Gasteiger partial charge in [0.1, 0.15) is 5.82 Å². The minimum Gasteiger partial charge on any atom is -0.478 e. The molecule has 104 valence electrons. The van der Waals surface area contributed by atoms with Crippen molar-refractivity contribution in [3.8, 4) is 5.82 Å². The summed E-state index contributed by atoms with van der Waals surface area (Å²) in [5, 5.41) is 9.69. The maximum Gasteiger partial charge on any atom is 0.328 e. The standard InChI is InChI=1S/C15H12N4O2/c16-12-7-14(18-8-11(12)1-2-15(20)21)19-6-4-10-3-5-17-9-13(10)19/h1-9H,(H2,16,18)(H,20,21). The molecule has 0 aliphatic carbocycles. The third kappa shape index (κ3) is 2.46.